The van der Waals surface area contributed by atoms with Gasteiger partial charge in [0.1, 0.15) is 11.8 Å². The van der Waals surface area contributed by atoms with E-state index in [4.69, 9.17) is 4.74 Å². The van der Waals surface area contributed by atoms with Gasteiger partial charge in [0, 0.05) is 5.56 Å². The van der Waals surface area contributed by atoms with Crippen LogP contribution >= 0.6 is 0 Å². The highest BCUT2D eigenvalue weighted by atomic mass is 16.5. The molecule has 2 aromatic carbocycles. The van der Waals surface area contributed by atoms with Crippen molar-refractivity contribution in [3.8, 4) is 5.75 Å². The molecule has 1 amide bonds. The lowest BCUT2D eigenvalue weighted by Gasteiger charge is -2.22. The molecule has 0 saturated carbocycles. The Labute approximate surface area is 155 Å². The fourth-order valence-electron chi connectivity index (χ4n) is 2.68. The van der Waals surface area contributed by atoms with E-state index >= 15 is 0 Å². The fraction of sp³-hybridized carbons (Fsp3) is 0.364. The molecule has 0 bridgehead atoms. The minimum Gasteiger partial charge on any atom is -0.425 e. The van der Waals surface area contributed by atoms with Crippen LogP contribution in [0, 0.1) is 5.92 Å². The molecule has 26 heavy (non-hydrogen) atoms. The van der Waals surface area contributed by atoms with E-state index < -0.39 is 12.0 Å². The third-order valence-electron chi connectivity index (χ3n) is 4.52. The third-order valence-corrected chi connectivity index (χ3v) is 4.52. The van der Waals surface area contributed by atoms with Gasteiger partial charge in [-0.05, 0) is 42.0 Å². The molecule has 4 nitrogen and oxygen atoms in total. The van der Waals surface area contributed by atoms with Crippen molar-refractivity contribution in [3.63, 3.8) is 0 Å². The van der Waals surface area contributed by atoms with E-state index in [1.807, 2.05) is 38.1 Å². The van der Waals surface area contributed by atoms with Gasteiger partial charge in [-0.15, -0.1) is 0 Å². The first kappa shape index (κ1) is 19.7. The summed E-state index contributed by atoms with van der Waals surface area (Å²) in [4.78, 5) is 25.2. The van der Waals surface area contributed by atoms with Gasteiger partial charge in [0.05, 0.1) is 0 Å². The number of esters is 1. The molecule has 4 heteroatoms. The Morgan fingerprint density at radius 1 is 0.962 bits per heavy atom. The number of benzene rings is 2. The molecule has 1 N–H and O–H groups in total. The van der Waals surface area contributed by atoms with Crippen molar-refractivity contribution in [2.24, 2.45) is 5.92 Å². The molecule has 0 aliphatic heterocycles. The maximum Gasteiger partial charge on any atom is 0.334 e. The summed E-state index contributed by atoms with van der Waals surface area (Å²) in [5.74, 6) is 0.0317. The monoisotopic (exact) mass is 353 g/mol. The van der Waals surface area contributed by atoms with Crippen LogP contribution in [-0.2, 0) is 4.79 Å². The van der Waals surface area contributed by atoms with Gasteiger partial charge in [0.25, 0.3) is 5.91 Å². The van der Waals surface area contributed by atoms with Gasteiger partial charge in [0.2, 0.25) is 0 Å². The summed E-state index contributed by atoms with van der Waals surface area (Å²) < 4.78 is 5.68. The van der Waals surface area contributed by atoms with E-state index in [-0.39, 0.29) is 17.7 Å². The number of ether oxygens (including phenoxy) is 1. The highest BCUT2D eigenvalue weighted by molar-refractivity contribution is 5.97. The molecule has 2 rings (SSSR count). The van der Waals surface area contributed by atoms with Gasteiger partial charge in [-0.1, -0.05) is 64.1 Å². The molecular weight excluding hydrogens is 326 g/mol. The van der Waals surface area contributed by atoms with Gasteiger partial charge in [-0.3, -0.25) is 4.79 Å². The summed E-state index contributed by atoms with van der Waals surface area (Å²) >= 11 is 0. The number of nitrogens with one attached hydrogen (secondary N) is 1. The largest absolute Gasteiger partial charge is 0.425 e. The lowest BCUT2D eigenvalue weighted by Crippen LogP contribution is -2.46. The predicted molar refractivity (Wildman–Crippen MR) is 103 cm³/mol. The maximum absolute atomic E-state index is 12.7. The van der Waals surface area contributed by atoms with Crippen LogP contribution in [0.3, 0.4) is 0 Å². The van der Waals surface area contributed by atoms with Crippen molar-refractivity contribution in [3.05, 3.63) is 65.7 Å². The Morgan fingerprint density at radius 3 is 2.19 bits per heavy atom. The average Bonchev–Trinajstić information content (AvgIpc) is 2.66. The first-order chi connectivity index (χ1) is 12.4. The number of carbonyl (C=O) groups excluding carboxylic acids is 2. The SMILES string of the molecule is CCC(C)c1ccccc1OC(=O)[C@@H](NC(=O)c1ccccc1)C(C)C. The number of amides is 1. The normalized spacial score (nSPS) is 13.1. The zero-order chi connectivity index (χ0) is 19.1. The summed E-state index contributed by atoms with van der Waals surface area (Å²) in [5.41, 5.74) is 1.52. The summed E-state index contributed by atoms with van der Waals surface area (Å²) in [6.45, 7) is 7.97. The van der Waals surface area contributed by atoms with Gasteiger partial charge in [-0.2, -0.15) is 0 Å². The van der Waals surface area contributed by atoms with E-state index in [2.05, 4.69) is 19.2 Å². The average molecular weight is 353 g/mol. The van der Waals surface area contributed by atoms with E-state index in [0.29, 0.717) is 11.3 Å². The van der Waals surface area contributed by atoms with Crippen molar-refractivity contribution in [2.45, 2.75) is 46.1 Å². The third kappa shape index (κ3) is 4.94. The highest BCUT2D eigenvalue weighted by Gasteiger charge is 2.27. The summed E-state index contributed by atoms with van der Waals surface area (Å²) in [6.07, 6.45) is 0.951. The molecule has 138 valence electrons. The molecule has 0 heterocycles. The van der Waals surface area contributed by atoms with Crippen molar-refractivity contribution in [1.82, 2.24) is 5.32 Å². The number of para-hydroxylation sites is 1. The van der Waals surface area contributed by atoms with Crippen LogP contribution < -0.4 is 10.1 Å². The van der Waals surface area contributed by atoms with E-state index in [1.165, 1.54) is 0 Å². The molecule has 2 aromatic rings. The van der Waals surface area contributed by atoms with Crippen LogP contribution in [0.1, 0.15) is 56.0 Å². The second kappa shape index (κ2) is 9.18. The van der Waals surface area contributed by atoms with Gasteiger partial charge in [-0.25, -0.2) is 4.79 Å². The van der Waals surface area contributed by atoms with Crippen LogP contribution in [0.4, 0.5) is 0 Å². The minimum atomic E-state index is -0.715. The quantitative estimate of drug-likeness (QED) is 0.586. The van der Waals surface area contributed by atoms with Crippen LogP contribution in [0.25, 0.3) is 0 Å². The molecule has 0 radical (unpaired) electrons. The Balaban J connectivity index is 2.16. The van der Waals surface area contributed by atoms with Crippen molar-refractivity contribution in [2.75, 3.05) is 0 Å². The van der Waals surface area contributed by atoms with E-state index in [0.717, 1.165) is 12.0 Å². The zero-order valence-corrected chi connectivity index (χ0v) is 15.9. The van der Waals surface area contributed by atoms with Gasteiger partial charge >= 0.3 is 5.97 Å². The Bertz CT molecular complexity index is 740. The van der Waals surface area contributed by atoms with Gasteiger partial charge in [0.15, 0.2) is 0 Å². The summed E-state index contributed by atoms with van der Waals surface area (Å²) in [7, 11) is 0. The standard InChI is InChI=1S/C22H27NO3/c1-5-16(4)18-13-9-10-14-19(18)26-22(25)20(15(2)3)23-21(24)17-11-7-6-8-12-17/h6-16,20H,5H2,1-4H3,(H,23,24)/t16?,20-/m0/s1. The molecule has 0 aromatic heterocycles. The Kier molecular flexibility index (Phi) is 6.96. The van der Waals surface area contributed by atoms with Crippen LogP contribution in [0.2, 0.25) is 0 Å². The second-order valence-corrected chi connectivity index (χ2v) is 6.83. The Hall–Kier alpha value is -2.62. The summed E-state index contributed by atoms with van der Waals surface area (Å²) in [5, 5.41) is 2.80. The lowest BCUT2D eigenvalue weighted by molar-refractivity contribution is -0.137. The number of hydrogen-bond acceptors (Lipinski definition) is 3. The highest BCUT2D eigenvalue weighted by Crippen LogP contribution is 2.28. The fourth-order valence-corrected chi connectivity index (χ4v) is 2.68. The lowest BCUT2D eigenvalue weighted by atomic mass is 9.97. The van der Waals surface area contributed by atoms with Crippen molar-refractivity contribution < 1.29 is 14.3 Å². The van der Waals surface area contributed by atoms with Crippen molar-refractivity contribution >= 4 is 11.9 Å². The minimum absolute atomic E-state index is 0.0917. The molecule has 0 fully saturated rings. The molecule has 2 atom stereocenters. The Morgan fingerprint density at radius 2 is 1.58 bits per heavy atom. The van der Waals surface area contributed by atoms with E-state index in [9.17, 15) is 9.59 Å². The molecule has 1 unspecified atom stereocenters. The second-order valence-electron chi connectivity index (χ2n) is 6.83. The van der Waals surface area contributed by atoms with Crippen LogP contribution in [0.15, 0.2) is 54.6 Å². The number of rotatable bonds is 7. The predicted octanol–water partition coefficient (Wildman–Crippen LogP) is 4.56. The summed E-state index contributed by atoms with van der Waals surface area (Å²) in [6, 6.07) is 15.7. The maximum atomic E-state index is 12.7. The first-order valence-corrected chi connectivity index (χ1v) is 9.10. The number of hydrogen-bond donors (Lipinski definition) is 1. The topological polar surface area (TPSA) is 55.4 Å². The van der Waals surface area contributed by atoms with Crippen molar-refractivity contribution in [1.29, 1.82) is 0 Å². The van der Waals surface area contributed by atoms with E-state index in [1.54, 1.807) is 30.3 Å². The van der Waals surface area contributed by atoms with Gasteiger partial charge < -0.3 is 10.1 Å². The first-order valence-electron chi connectivity index (χ1n) is 9.10. The zero-order valence-electron chi connectivity index (χ0n) is 15.9. The molecule has 0 aliphatic rings. The molecule has 0 spiro atoms. The molecule has 0 saturated heterocycles. The van der Waals surface area contributed by atoms with Crippen LogP contribution in [0.5, 0.6) is 5.75 Å². The smallest absolute Gasteiger partial charge is 0.334 e. The number of carbonyl (C=O) groups is 2. The van der Waals surface area contributed by atoms with Crippen LogP contribution in [-0.4, -0.2) is 17.9 Å². The molecular formula is C22H27NO3. The molecule has 0 aliphatic carbocycles.